The lowest BCUT2D eigenvalue weighted by Crippen LogP contribution is -1.99. The van der Waals surface area contributed by atoms with E-state index in [0.717, 1.165) is 6.42 Å². The molecule has 0 aliphatic carbocycles. The first-order valence-corrected chi connectivity index (χ1v) is 7.38. The number of rotatable bonds is 6. The highest BCUT2D eigenvalue weighted by Gasteiger charge is 2.24. The SMILES string of the molecule is CCOc1c(-c2nnc(C(Br)CC)o2)cccc1[N+](=O)[O-]. The van der Waals surface area contributed by atoms with Gasteiger partial charge in [0.25, 0.3) is 5.89 Å². The van der Waals surface area contributed by atoms with Crippen molar-refractivity contribution in [2.24, 2.45) is 0 Å². The summed E-state index contributed by atoms with van der Waals surface area (Å²) in [4.78, 5) is 10.5. The minimum absolute atomic E-state index is 0.0482. The van der Waals surface area contributed by atoms with E-state index < -0.39 is 4.92 Å². The molecule has 0 spiro atoms. The van der Waals surface area contributed by atoms with Crippen molar-refractivity contribution in [3.8, 4) is 17.2 Å². The Hall–Kier alpha value is -1.96. The fourth-order valence-corrected chi connectivity index (χ4v) is 1.96. The first-order valence-electron chi connectivity index (χ1n) is 6.46. The lowest BCUT2D eigenvalue weighted by Gasteiger charge is -2.07. The zero-order chi connectivity index (χ0) is 15.4. The fourth-order valence-electron chi connectivity index (χ4n) is 1.78. The molecule has 21 heavy (non-hydrogen) atoms. The third-order valence-electron chi connectivity index (χ3n) is 2.78. The quantitative estimate of drug-likeness (QED) is 0.443. The lowest BCUT2D eigenvalue weighted by atomic mass is 10.1. The van der Waals surface area contributed by atoms with Gasteiger partial charge in [0.1, 0.15) is 0 Å². The van der Waals surface area contributed by atoms with Gasteiger partial charge >= 0.3 is 5.69 Å². The van der Waals surface area contributed by atoms with Crippen LogP contribution in [0.15, 0.2) is 22.6 Å². The van der Waals surface area contributed by atoms with Crippen LogP contribution in [-0.2, 0) is 0 Å². The molecule has 1 aromatic heterocycles. The molecular formula is C13H14BrN3O4. The molecule has 0 saturated carbocycles. The Morgan fingerprint density at radius 2 is 2.19 bits per heavy atom. The van der Waals surface area contributed by atoms with Crippen molar-refractivity contribution >= 4 is 21.6 Å². The van der Waals surface area contributed by atoms with Crippen LogP contribution in [-0.4, -0.2) is 21.7 Å². The van der Waals surface area contributed by atoms with Gasteiger partial charge in [0, 0.05) is 6.07 Å². The number of benzene rings is 1. The zero-order valence-electron chi connectivity index (χ0n) is 11.6. The molecule has 0 amide bonds. The molecule has 0 fully saturated rings. The first-order chi connectivity index (χ1) is 10.1. The monoisotopic (exact) mass is 355 g/mol. The van der Waals surface area contributed by atoms with E-state index in [2.05, 4.69) is 26.1 Å². The number of hydrogen-bond donors (Lipinski definition) is 0. The van der Waals surface area contributed by atoms with Gasteiger partial charge in [-0.3, -0.25) is 10.1 Å². The van der Waals surface area contributed by atoms with Crippen molar-refractivity contribution in [3.63, 3.8) is 0 Å². The number of hydrogen-bond acceptors (Lipinski definition) is 6. The van der Waals surface area contributed by atoms with Gasteiger partial charge in [-0.25, -0.2) is 0 Å². The summed E-state index contributed by atoms with van der Waals surface area (Å²) in [6.07, 6.45) is 0.787. The number of aromatic nitrogens is 2. The highest BCUT2D eigenvalue weighted by molar-refractivity contribution is 9.09. The van der Waals surface area contributed by atoms with E-state index in [1.165, 1.54) is 6.07 Å². The van der Waals surface area contributed by atoms with E-state index in [0.29, 0.717) is 18.1 Å². The van der Waals surface area contributed by atoms with Gasteiger partial charge in [0.15, 0.2) is 0 Å². The zero-order valence-corrected chi connectivity index (χ0v) is 13.2. The summed E-state index contributed by atoms with van der Waals surface area (Å²) >= 11 is 3.42. The van der Waals surface area contributed by atoms with Crippen molar-refractivity contribution in [1.82, 2.24) is 10.2 Å². The summed E-state index contributed by atoms with van der Waals surface area (Å²) < 4.78 is 11.0. The van der Waals surface area contributed by atoms with E-state index in [1.54, 1.807) is 19.1 Å². The number of alkyl halides is 1. The number of para-hydroxylation sites is 1. The van der Waals surface area contributed by atoms with Crippen LogP contribution < -0.4 is 4.74 Å². The molecule has 0 N–H and O–H groups in total. The molecule has 8 heteroatoms. The Balaban J connectivity index is 2.50. The molecule has 1 atom stereocenters. The lowest BCUT2D eigenvalue weighted by molar-refractivity contribution is -0.385. The molecular weight excluding hydrogens is 342 g/mol. The predicted molar refractivity (Wildman–Crippen MR) is 79.5 cm³/mol. The minimum Gasteiger partial charge on any atom is -0.487 e. The van der Waals surface area contributed by atoms with Crippen LogP contribution >= 0.6 is 15.9 Å². The van der Waals surface area contributed by atoms with Crippen molar-refractivity contribution < 1.29 is 14.1 Å². The molecule has 0 radical (unpaired) electrons. The molecule has 2 aromatic rings. The maximum absolute atomic E-state index is 11.1. The van der Waals surface area contributed by atoms with Crippen LogP contribution in [0.5, 0.6) is 5.75 Å². The Kier molecular flexibility index (Phi) is 4.89. The van der Waals surface area contributed by atoms with E-state index >= 15 is 0 Å². The molecule has 1 heterocycles. The number of nitro benzene ring substituents is 1. The molecule has 7 nitrogen and oxygen atoms in total. The molecule has 0 bridgehead atoms. The highest BCUT2D eigenvalue weighted by atomic mass is 79.9. The van der Waals surface area contributed by atoms with E-state index in [9.17, 15) is 10.1 Å². The van der Waals surface area contributed by atoms with Crippen molar-refractivity contribution in [2.75, 3.05) is 6.61 Å². The second kappa shape index (κ2) is 6.66. The van der Waals surface area contributed by atoms with Crippen LogP contribution in [0.1, 0.15) is 31.0 Å². The molecule has 0 saturated heterocycles. The van der Waals surface area contributed by atoms with Gasteiger partial charge in [-0.2, -0.15) is 0 Å². The van der Waals surface area contributed by atoms with Crippen LogP contribution in [0.2, 0.25) is 0 Å². The van der Waals surface area contributed by atoms with Gasteiger partial charge < -0.3 is 9.15 Å². The van der Waals surface area contributed by atoms with Crippen LogP contribution in [0.25, 0.3) is 11.5 Å². The average Bonchev–Trinajstić information content (AvgIpc) is 2.96. The highest BCUT2D eigenvalue weighted by Crippen LogP contribution is 2.38. The molecule has 1 aromatic carbocycles. The summed E-state index contributed by atoms with van der Waals surface area (Å²) in [6.45, 7) is 4.03. The van der Waals surface area contributed by atoms with Crippen LogP contribution in [0, 0.1) is 10.1 Å². The van der Waals surface area contributed by atoms with E-state index in [4.69, 9.17) is 9.15 Å². The standard InChI is InChI=1S/C13H14BrN3O4/c1-3-9(14)13-16-15-12(21-13)8-6-5-7-10(17(18)19)11(8)20-4-2/h5-7,9H,3-4H2,1-2H3. The second-order valence-electron chi connectivity index (χ2n) is 4.17. The second-order valence-corrected chi connectivity index (χ2v) is 5.27. The molecule has 0 aliphatic rings. The Morgan fingerprint density at radius 3 is 2.81 bits per heavy atom. The van der Waals surface area contributed by atoms with Crippen molar-refractivity contribution in [2.45, 2.75) is 25.1 Å². The molecule has 112 valence electrons. The normalized spacial score (nSPS) is 12.1. The maximum Gasteiger partial charge on any atom is 0.311 e. The smallest absolute Gasteiger partial charge is 0.311 e. The number of halogens is 1. The Labute approximate surface area is 129 Å². The summed E-state index contributed by atoms with van der Waals surface area (Å²) in [5.74, 6) is 0.777. The number of nitro groups is 1. The number of ether oxygens (including phenoxy) is 1. The third kappa shape index (κ3) is 3.21. The Morgan fingerprint density at radius 1 is 1.43 bits per heavy atom. The van der Waals surface area contributed by atoms with Gasteiger partial charge in [0.05, 0.1) is 21.9 Å². The van der Waals surface area contributed by atoms with Gasteiger partial charge in [-0.1, -0.05) is 28.9 Å². The first kappa shape index (κ1) is 15.4. The fraction of sp³-hybridized carbons (Fsp3) is 0.385. The summed E-state index contributed by atoms with van der Waals surface area (Å²) in [5, 5.41) is 19.0. The van der Waals surface area contributed by atoms with Gasteiger partial charge in [-0.15, -0.1) is 10.2 Å². The van der Waals surface area contributed by atoms with Crippen LogP contribution in [0.3, 0.4) is 0 Å². The summed E-state index contributed by atoms with van der Waals surface area (Å²) in [5.41, 5.74) is 0.292. The van der Waals surface area contributed by atoms with Gasteiger partial charge in [-0.05, 0) is 19.4 Å². The average molecular weight is 356 g/mol. The molecule has 1 unspecified atom stereocenters. The largest absolute Gasteiger partial charge is 0.487 e. The summed E-state index contributed by atoms with van der Waals surface area (Å²) in [6, 6.07) is 4.60. The number of nitrogens with zero attached hydrogens (tertiary/aromatic N) is 3. The van der Waals surface area contributed by atoms with E-state index in [-0.39, 0.29) is 22.2 Å². The molecule has 0 aliphatic heterocycles. The van der Waals surface area contributed by atoms with E-state index in [1.807, 2.05) is 6.92 Å². The topological polar surface area (TPSA) is 91.3 Å². The van der Waals surface area contributed by atoms with Crippen molar-refractivity contribution in [3.05, 3.63) is 34.2 Å². The van der Waals surface area contributed by atoms with Crippen LogP contribution in [0.4, 0.5) is 5.69 Å². The summed E-state index contributed by atoms with van der Waals surface area (Å²) in [7, 11) is 0. The molecule has 2 rings (SSSR count). The minimum atomic E-state index is -0.495. The van der Waals surface area contributed by atoms with Crippen molar-refractivity contribution in [1.29, 1.82) is 0 Å². The third-order valence-corrected chi connectivity index (χ3v) is 3.82. The van der Waals surface area contributed by atoms with Gasteiger partial charge in [0.2, 0.25) is 11.6 Å². The predicted octanol–water partition coefficient (Wildman–Crippen LogP) is 3.89. The maximum atomic E-state index is 11.1. The Bertz CT molecular complexity index is 644.